The molecule has 13 heteroatoms. The number of ether oxygens (including phenoxy) is 1. The Labute approximate surface area is 184 Å². The fourth-order valence-corrected chi connectivity index (χ4v) is 2.87. The van der Waals surface area contributed by atoms with Crippen molar-refractivity contribution in [2.45, 2.75) is 26.3 Å². The lowest BCUT2D eigenvalue weighted by atomic mass is 9.79. The monoisotopic (exact) mass is 444 g/mol. The molecule has 1 amide bonds. The molecule has 0 aliphatic carbocycles. The molecule has 0 bridgehead atoms. The molecular weight excluding hydrogens is 422 g/mol. The topological polar surface area (TPSA) is 179 Å². The van der Waals surface area contributed by atoms with Gasteiger partial charge in [-0.25, -0.2) is 4.79 Å². The van der Waals surface area contributed by atoms with Gasteiger partial charge in [-0.2, -0.15) is 0 Å². The quantitative estimate of drug-likeness (QED) is 0.103. The van der Waals surface area contributed by atoms with E-state index >= 15 is 0 Å². The molecule has 0 fully saturated rings. The van der Waals surface area contributed by atoms with Crippen molar-refractivity contribution < 1.29 is 39.3 Å². The summed E-state index contributed by atoms with van der Waals surface area (Å²) in [4.78, 5) is 35.7. The molecule has 1 atom stereocenters. The Morgan fingerprint density at radius 3 is 2.28 bits per heavy atom. The van der Waals surface area contributed by atoms with Gasteiger partial charge < -0.3 is 30.1 Å². The first kappa shape index (κ1) is 25.0. The number of hydrogen-bond acceptors (Lipinski definition) is 9. The highest BCUT2D eigenvalue weighted by Crippen LogP contribution is 2.15. The second-order valence-corrected chi connectivity index (χ2v) is 7.47. The standard InChI is InChI=1S/C19H22B2N2O9/c1-11(2)6-17(19(25)32-16-5-3-4-13(10-16)20(26)27)22-18(24)12-7-14(21(28)29)9-15(8-12)23(30)31/h3-5,7-11,17,26-29H,6H2,1-2H3,(H,22,24)/t17-/m0/s1. The summed E-state index contributed by atoms with van der Waals surface area (Å²) in [5.74, 6) is -1.69. The lowest BCUT2D eigenvalue weighted by Gasteiger charge is -2.19. The Morgan fingerprint density at radius 1 is 1.06 bits per heavy atom. The van der Waals surface area contributed by atoms with Gasteiger partial charge in [-0.1, -0.05) is 26.0 Å². The molecule has 0 aliphatic heterocycles. The van der Waals surface area contributed by atoms with Gasteiger partial charge in [0.1, 0.15) is 11.8 Å². The zero-order valence-corrected chi connectivity index (χ0v) is 17.3. The fraction of sp³-hybridized carbons (Fsp3) is 0.263. The normalized spacial score (nSPS) is 11.6. The highest BCUT2D eigenvalue weighted by molar-refractivity contribution is 6.59. The Balaban J connectivity index is 2.26. The van der Waals surface area contributed by atoms with Gasteiger partial charge in [0.25, 0.3) is 11.6 Å². The van der Waals surface area contributed by atoms with Crippen molar-refractivity contribution in [2.75, 3.05) is 0 Å². The number of carbonyl (C=O) groups is 2. The highest BCUT2D eigenvalue weighted by atomic mass is 16.6. The lowest BCUT2D eigenvalue weighted by molar-refractivity contribution is -0.384. The molecule has 2 rings (SSSR count). The number of nitrogens with one attached hydrogen (secondary N) is 1. The number of nitro groups is 1. The first-order chi connectivity index (χ1) is 15.0. The van der Waals surface area contributed by atoms with Crippen LogP contribution in [0.5, 0.6) is 5.75 Å². The minimum atomic E-state index is -2.04. The maximum atomic E-state index is 12.7. The number of benzene rings is 2. The van der Waals surface area contributed by atoms with Crippen LogP contribution in [0.1, 0.15) is 30.6 Å². The number of rotatable bonds is 9. The molecule has 168 valence electrons. The fourth-order valence-electron chi connectivity index (χ4n) is 2.87. The van der Waals surface area contributed by atoms with Gasteiger partial charge in [0.05, 0.1) is 4.92 Å². The van der Waals surface area contributed by atoms with Crippen LogP contribution in [0.3, 0.4) is 0 Å². The average Bonchev–Trinajstić information content (AvgIpc) is 2.72. The third-order valence-electron chi connectivity index (χ3n) is 4.38. The molecule has 2 aromatic rings. The number of non-ortho nitro benzene ring substituents is 1. The van der Waals surface area contributed by atoms with E-state index in [0.717, 1.165) is 18.2 Å². The minimum Gasteiger partial charge on any atom is -0.425 e. The van der Waals surface area contributed by atoms with E-state index in [1.807, 2.05) is 13.8 Å². The van der Waals surface area contributed by atoms with Crippen LogP contribution < -0.4 is 21.0 Å². The molecular formula is C19H22B2N2O9. The van der Waals surface area contributed by atoms with Crippen molar-refractivity contribution in [3.05, 3.63) is 58.1 Å². The Morgan fingerprint density at radius 2 is 1.72 bits per heavy atom. The van der Waals surface area contributed by atoms with Gasteiger partial charge >= 0.3 is 20.2 Å². The zero-order valence-electron chi connectivity index (χ0n) is 17.3. The molecule has 0 aliphatic rings. The van der Waals surface area contributed by atoms with Crippen LogP contribution in [0.4, 0.5) is 5.69 Å². The minimum absolute atomic E-state index is 0.0321. The van der Waals surface area contributed by atoms with Crippen molar-refractivity contribution in [2.24, 2.45) is 5.92 Å². The summed E-state index contributed by atoms with van der Waals surface area (Å²) >= 11 is 0. The Bertz CT molecular complexity index is 999. The van der Waals surface area contributed by atoms with E-state index < -0.39 is 42.8 Å². The summed E-state index contributed by atoms with van der Waals surface area (Å²) in [6.45, 7) is 3.62. The van der Waals surface area contributed by atoms with Gasteiger partial charge in [-0.05, 0) is 41.5 Å². The summed E-state index contributed by atoms with van der Waals surface area (Å²) in [7, 11) is -3.79. The number of nitro benzene ring substituents is 1. The van der Waals surface area contributed by atoms with Crippen molar-refractivity contribution in [1.29, 1.82) is 0 Å². The van der Waals surface area contributed by atoms with Gasteiger partial charge in [0, 0.05) is 17.7 Å². The maximum absolute atomic E-state index is 12.7. The first-order valence-electron chi connectivity index (χ1n) is 9.62. The predicted molar refractivity (Wildman–Crippen MR) is 116 cm³/mol. The van der Waals surface area contributed by atoms with Crippen LogP contribution in [0.2, 0.25) is 0 Å². The Hall–Kier alpha value is -3.25. The molecule has 0 unspecified atom stereocenters. The maximum Gasteiger partial charge on any atom is 0.488 e. The molecule has 2 aromatic carbocycles. The Kier molecular flexibility index (Phi) is 8.49. The van der Waals surface area contributed by atoms with Crippen molar-refractivity contribution in [1.82, 2.24) is 5.32 Å². The lowest BCUT2D eigenvalue weighted by Crippen LogP contribution is -2.44. The molecule has 0 heterocycles. The number of hydrogen-bond donors (Lipinski definition) is 5. The summed E-state index contributed by atoms with van der Waals surface area (Å²) < 4.78 is 5.26. The van der Waals surface area contributed by atoms with Crippen molar-refractivity contribution in [3.8, 4) is 5.75 Å². The van der Waals surface area contributed by atoms with Crippen molar-refractivity contribution >= 4 is 42.7 Å². The summed E-state index contributed by atoms with van der Waals surface area (Å²) in [6, 6.07) is 7.36. The van der Waals surface area contributed by atoms with E-state index in [1.165, 1.54) is 24.3 Å². The summed E-state index contributed by atoms with van der Waals surface area (Å²) in [5, 5.41) is 50.8. The zero-order chi connectivity index (χ0) is 24.0. The number of nitrogens with zero attached hydrogens (tertiary/aromatic N) is 1. The summed E-state index contributed by atoms with van der Waals surface area (Å²) in [6.07, 6.45) is 0.178. The first-order valence-corrected chi connectivity index (χ1v) is 9.62. The van der Waals surface area contributed by atoms with Gasteiger partial charge in [0.15, 0.2) is 0 Å². The molecule has 0 radical (unpaired) electrons. The third-order valence-corrected chi connectivity index (χ3v) is 4.38. The van der Waals surface area contributed by atoms with E-state index in [2.05, 4.69) is 5.32 Å². The molecule has 0 saturated heterocycles. The second kappa shape index (κ2) is 10.9. The predicted octanol–water partition coefficient (Wildman–Crippen LogP) is -1.30. The van der Waals surface area contributed by atoms with Crippen LogP contribution in [0.15, 0.2) is 42.5 Å². The highest BCUT2D eigenvalue weighted by Gasteiger charge is 2.27. The van der Waals surface area contributed by atoms with Crippen LogP contribution in [-0.2, 0) is 4.79 Å². The van der Waals surface area contributed by atoms with E-state index in [-0.39, 0.29) is 34.6 Å². The van der Waals surface area contributed by atoms with Crippen LogP contribution in [0, 0.1) is 16.0 Å². The van der Waals surface area contributed by atoms with E-state index in [0.29, 0.717) is 0 Å². The van der Waals surface area contributed by atoms with Gasteiger partial charge in [-0.15, -0.1) is 0 Å². The molecule has 11 nitrogen and oxygen atoms in total. The van der Waals surface area contributed by atoms with Crippen molar-refractivity contribution in [3.63, 3.8) is 0 Å². The third kappa shape index (κ3) is 6.89. The smallest absolute Gasteiger partial charge is 0.425 e. The average molecular weight is 444 g/mol. The number of amides is 1. The van der Waals surface area contributed by atoms with E-state index in [1.54, 1.807) is 0 Å². The van der Waals surface area contributed by atoms with E-state index in [9.17, 15) is 39.8 Å². The molecule has 32 heavy (non-hydrogen) atoms. The van der Waals surface area contributed by atoms with E-state index in [4.69, 9.17) is 4.74 Å². The van der Waals surface area contributed by atoms with Gasteiger partial charge in [0.2, 0.25) is 0 Å². The number of carbonyl (C=O) groups excluding carboxylic acids is 2. The molecule has 0 aromatic heterocycles. The SMILES string of the molecule is CC(C)C[C@H](NC(=O)c1cc(B(O)O)cc([N+](=O)[O-])c1)C(=O)Oc1cccc(B(O)O)c1. The second-order valence-electron chi connectivity index (χ2n) is 7.47. The molecule has 0 spiro atoms. The number of esters is 1. The van der Waals surface area contributed by atoms with Crippen LogP contribution >= 0.6 is 0 Å². The summed E-state index contributed by atoms with van der Waals surface area (Å²) in [5.41, 5.74) is -0.921. The van der Waals surface area contributed by atoms with Crippen LogP contribution in [0.25, 0.3) is 0 Å². The van der Waals surface area contributed by atoms with Gasteiger partial charge in [-0.3, -0.25) is 14.9 Å². The molecule has 5 N–H and O–H groups in total. The van der Waals surface area contributed by atoms with Crippen LogP contribution in [-0.4, -0.2) is 57.2 Å². The largest absolute Gasteiger partial charge is 0.488 e. The molecule has 0 saturated carbocycles.